The highest BCUT2D eigenvalue weighted by Gasteiger charge is 1.98. The van der Waals surface area contributed by atoms with Crippen LogP contribution in [0.2, 0.25) is 0 Å². The van der Waals surface area contributed by atoms with Crippen molar-refractivity contribution in [3.63, 3.8) is 0 Å². The zero-order valence-corrected chi connectivity index (χ0v) is 6.42. The number of carboxylic acids is 1. The summed E-state index contributed by atoms with van der Waals surface area (Å²) >= 11 is 5.76. The van der Waals surface area contributed by atoms with Gasteiger partial charge in [-0.3, -0.25) is 0 Å². The van der Waals surface area contributed by atoms with Gasteiger partial charge in [0.1, 0.15) is 0 Å². The van der Waals surface area contributed by atoms with Crippen LogP contribution in [0, 0.1) is 0 Å². The number of hydrogen-bond acceptors (Lipinski definition) is 4. The first-order valence-electron chi connectivity index (χ1n) is 2.09. The molecule has 0 heterocycles. The van der Waals surface area contributed by atoms with Crippen LogP contribution in [0.4, 0.5) is 0 Å². The van der Waals surface area contributed by atoms with Gasteiger partial charge in [0, 0.05) is 0 Å². The largest absolute Gasteiger partial charge is 0.479 e. The average Bonchev–Trinajstić information content (AvgIpc) is 1.83. The average molecular weight is 166 g/mol. The number of aliphatic carboxylic acids is 1. The van der Waals surface area contributed by atoms with Crippen molar-refractivity contribution >= 4 is 34.3 Å². The van der Waals surface area contributed by atoms with Gasteiger partial charge in [-0.05, 0) is 18.5 Å². The highest BCUT2D eigenvalue weighted by molar-refractivity contribution is 8.22. The Labute approximate surface area is 62.4 Å². The minimum absolute atomic E-state index is 0.261. The number of rotatable bonds is 2. The molecule has 0 amide bonds. The Hall–Kier alpha value is -0.290. The lowest BCUT2D eigenvalue weighted by atomic mass is 10.8. The van der Waals surface area contributed by atoms with Gasteiger partial charge in [-0.2, -0.15) is 0 Å². The fourth-order valence-corrected chi connectivity index (χ4v) is 0.415. The molecule has 0 radical (unpaired) electrons. The van der Waals surface area contributed by atoms with Crippen LogP contribution in [0.1, 0.15) is 0 Å². The van der Waals surface area contributed by atoms with Gasteiger partial charge < -0.3 is 9.84 Å². The zero-order valence-electron chi connectivity index (χ0n) is 4.79. The van der Waals surface area contributed by atoms with Crippen LogP contribution in [0.25, 0.3) is 0 Å². The van der Waals surface area contributed by atoms with Gasteiger partial charge in [0.2, 0.25) is 4.38 Å². The molecule has 0 aliphatic carbocycles. The third-order valence-corrected chi connectivity index (χ3v) is 1.55. The maximum absolute atomic E-state index is 9.83. The van der Waals surface area contributed by atoms with Gasteiger partial charge in [0.25, 0.3) is 0 Å². The van der Waals surface area contributed by atoms with Crippen molar-refractivity contribution in [3.05, 3.63) is 0 Å². The Morgan fingerprint density at radius 2 is 2.44 bits per heavy atom. The molecule has 0 rings (SSSR count). The molecule has 1 N–H and O–H groups in total. The molecule has 0 saturated carbocycles. The second kappa shape index (κ2) is 4.58. The summed E-state index contributed by atoms with van der Waals surface area (Å²) in [6, 6.07) is 0. The third kappa shape index (κ3) is 5.58. The van der Waals surface area contributed by atoms with E-state index in [0.29, 0.717) is 0 Å². The van der Waals surface area contributed by atoms with Gasteiger partial charge in [-0.15, -0.1) is 0 Å². The molecule has 0 aromatic rings. The summed E-state index contributed by atoms with van der Waals surface area (Å²) in [6.07, 6.45) is 1.73. The van der Waals surface area contributed by atoms with E-state index in [4.69, 9.17) is 5.11 Å². The standard InChI is InChI=1S/C4H6O3S2/c1-9-4(8)7-2-3(5)6/h2H2,1H3,(H,5,6). The lowest BCUT2D eigenvalue weighted by Gasteiger charge is -1.98. The highest BCUT2D eigenvalue weighted by Crippen LogP contribution is 1.98. The molecule has 5 heteroatoms. The highest BCUT2D eigenvalue weighted by atomic mass is 32.2. The number of carbonyl (C=O) groups is 1. The Morgan fingerprint density at radius 1 is 1.89 bits per heavy atom. The quantitative estimate of drug-likeness (QED) is 0.613. The van der Waals surface area contributed by atoms with Crippen molar-refractivity contribution in [2.24, 2.45) is 0 Å². The molecular weight excluding hydrogens is 160 g/mol. The molecule has 0 aliphatic rings. The SMILES string of the molecule is CSC(=S)OCC(=O)O. The van der Waals surface area contributed by atoms with Crippen LogP contribution in [-0.4, -0.2) is 28.3 Å². The van der Waals surface area contributed by atoms with E-state index in [2.05, 4.69) is 17.0 Å². The molecule has 0 aromatic heterocycles. The molecule has 0 saturated heterocycles. The Bertz CT molecular complexity index is 123. The number of ether oxygens (including phenoxy) is 1. The van der Waals surface area contributed by atoms with Crippen molar-refractivity contribution in [2.75, 3.05) is 12.9 Å². The van der Waals surface area contributed by atoms with Crippen molar-refractivity contribution in [2.45, 2.75) is 0 Å². The molecular formula is C4H6O3S2. The third-order valence-electron chi connectivity index (χ3n) is 0.480. The lowest BCUT2D eigenvalue weighted by Crippen LogP contribution is -2.08. The summed E-state index contributed by atoms with van der Waals surface area (Å²) in [4.78, 5) is 9.83. The first kappa shape index (κ1) is 8.71. The van der Waals surface area contributed by atoms with Crippen LogP contribution >= 0.6 is 24.0 Å². The fourth-order valence-electron chi connectivity index (χ4n) is 0.180. The van der Waals surface area contributed by atoms with Crippen LogP contribution < -0.4 is 0 Å². The van der Waals surface area contributed by atoms with E-state index >= 15 is 0 Å². The first-order valence-corrected chi connectivity index (χ1v) is 3.72. The monoisotopic (exact) mass is 166 g/mol. The van der Waals surface area contributed by atoms with Gasteiger partial charge in [0.05, 0.1) is 0 Å². The molecule has 0 fully saturated rings. The van der Waals surface area contributed by atoms with Crippen molar-refractivity contribution in [1.29, 1.82) is 0 Å². The topological polar surface area (TPSA) is 46.5 Å². The Kier molecular flexibility index (Phi) is 4.43. The summed E-state index contributed by atoms with van der Waals surface area (Å²) < 4.78 is 4.81. The van der Waals surface area contributed by atoms with E-state index in [1.807, 2.05) is 0 Å². The van der Waals surface area contributed by atoms with E-state index in [9.17, 15) is 4.79 Å². The van der Waals surface area contributed by atoms with E-state index in [-0.39, 0.29) is 11.0 Å². The summed E-state index contributed by atoms with van der Waals surface area (Å²) in [5, 5.41) is 8.06. The van der Waals surface area contributed by atoms with Crippen LogP contribution in [0.3, 0.4) is 0 Å². The summed E-state index contributed by atoms with van der Waals surface area (Å²) in [5.41, 5.74) is 0. The smallest absolute Gasteiger partial charge is 0.341 e. The van der Waals surface area contributed by atoms with Gasteiger partial charge in [-0.1, -0.05) is 11.8 Å². The van der Waals surface area contributed by atoms with Crippen LogP contribution in [-0.2, 0) is 9.53 Å². The summed E-state index contributed by atoms with van der Waals surface area (Å²) in [6.45, 7) is -0.348. The van der Waals surface area contributed by atoms with Crippen LogP contribution in [0.5, 0.6) is 0 Å². The summed E-state index contributed by atoms with van der Waals surface area (Å²) in [5.74, 6) is -1.01. The summed E-state index contributed by atoms with van der Waals surface area (Å²) in [7, 11) is 0. The van der Waals surface area contributed by atoms with E-state index in [0.717, 1.165) is 0 Å². The molecule has 0 aliphatic heterocycles. The molecule has 0 bridgehead atoms. The molecule has 52 valence electrons. The van der Waals surface area contributed by atoms with Crippen molar-refractivity contribution in [1.82, 2.24) is 0 Å². The minimum atomic E-state index is -1.01. The number of thioether (sulfide) groups is 1. The first-order chi connectivity index (χ1) is 4.16. The number of thiocarbonyl (C=S) groups is 1. The van der Waals surface area contributed by atoms with Gasteiger partial charge >= 0.3 is 5.97 Å². The van der Waals surface area contributed by atoms with Crippen molar-refractivity contribution < 1.29 is 14.6 Å². The molecule has 0 unspecified atom stereocenters. The predicted octanol–water partition coefficient (Wildman–Crippen LogP) is 0.735. The Morgan fingerprint density at radius 3 is 2.78 bits per heavy atom. The number of carboxylic acid groups (broad SMARTS) is 1. The molecule has 0 aromatic carbocycles. The van der Waals surface area contributed by atoms with E-state index < -0.39 is 5.97 Å². The second-order valence-corrected chi connectivity index (χ2v) is 2.54. The fraction of sp³-hybridized carbons (Fsp3) is 0.500. The van der Waals surface area contributed by atoms with Gasteiger partial charge in [0.15, 0.2) is 6.61 Å². The molecule has 0 spiro atoms. The number of hydrogen-bond donors (Lipinski definition) is 1. The van der Waals surface area contributed by atoms with Crippen LogP contribution in [0.15, 0.2) is 0 Å². The second-order valence-electron chi connectivity index (χ2n) is 1.14. The molecule has 3 nitrogen and oxygen atoms in total. The maximum atomic E-state index is 9.83. The molecule has 0 atom stereocenters. The predicted molar refractivity (Wildman–Crippen MR) is 39.7 cm³/mol. The minimum Gasteiger partial charge on any atom is -0.479 e. The lowest BCUT2D eigenvalue weighted by molar-refractivity contribution is -0.139. The maximum Gasteiger partial charge on any atom is 0.341 e. The zero-order chi connectivity index (χ0) is 7.28. The van der Waals surface area contributed by atoms with E-state index in [1.54, 1.807) is 6.26 Å². The normalized spacial score (nSPS) is 8.56. The van der Waals surface area contributed by atoms with Gasteiger partial charge in [-0.25, -0.2) is 4.79 Å². The molecule has 9 heavy (non-hydrogen) atoms. The Balaban J connectivity index is 3.28. The van der Waals surface area contributed by atoms with Crippen molar-refractivity contribution in [3.8, 4) is 0 Å². The van der Waals surface area contributed by atoms with E-state index in [1.165, 1.54) is 11.8 Å².